The Morgan fingerprint density at radius 1 is 1.18 bits per heavy atom. The van der Waals surface area contributed by atoms with Crippen LogP contribution in [0.4, 0.5) is 17.5 Å². The molecule has 4 heterocycles. The zero-order chi connectivity index (χ0) is 23.5. The molecule has 34 heavy (non-hydrogen) atoms. The molecule has 0 amide bonds. The number of hydrogen-bond acceptors (Lipinski definition) is 9. The summed E-state index contributed by atoms with van der Waals surface area (Å²) in [5.74, 6) is 2.69. The number of ether oxygens (including phenoxy) is 2. The molecule has 1 fully saturated rings. The van der Waals surface area contributed by atoms with Crippen molar-refractivity contribution in [2.75, 3.05) is 31.0 Å². The molecule has 176 valence electrons. The number of aromatic nitrogens is 6. The molecule has 1 aliphatic rings. The minimum absolute atomic E-state index is 0.315. The third-order valence-electron chi connectivity index (χ3n) is 5.92. The number of hydrogen-bond donors (Lipinski definition) is 2. The zero-order valence-electron chi connectivity index (χ0n) is 19.6. The molecule has 0 unspecified atom stereocenters. The number of pyridine rings is 1. The van der Waals surface area contributed by atoms with E-state index in [9.17, 15) is 0 Å². The number of nitrogens with zero attached hydrogens (tertiary/aromatic N) is 6. The highest BCUT2D eigenvalue weighted by molar-refractivity contribution is 5.89. The van der Waals surface area contributed by atoms with Gasteiger partial charge in [-0.2, -0.15) is 0 Å². The topological polar surface area (TPSA) is 112 Å². The molecule has 2 N–H and O–H groups in total. The Kier molecular flexibility index (Phi) is 6.22. The number of benzene rings is 1. The smallest absolute Gasteiger partial charge is 0.227 e. The first kappa shape index (κ1) is 22.0. The molecule has 0 bridgehead atoms. The van der Waals surface area contributed by atoms with Crippen LogP contribution in [-0.4, -0.2) is 56.1 Å². The van der Waals surface area contributed by atoms with Gasteiger partial charge < -0.3 is 24.7 Å². The molecule has 10 heteroatoms. The van der Waals surface area contributed by atoms with Gasteiger partial charge in [0, 0.05) is 48.6 Å². The van der Waals surface area contributed by atoms with Crippen molar-refractivity contribution < 1.29 is 9.47 Å². The lowest BCUT2D eigenvalue weighted by Crippen LogP contribution is -2.28. The van der Waals surface area contributed by atoms with Crippen molar-refractivity contribution in [1.29, 1.82) is 0 Å². The van der Waals surface area contributed by atoms with E-state index in [-0.39, 0.29) is 0 Å². The van der Waals surface area contributed by atoms with E-state index in [1.807, 2.05) is 42.0 Å². The largest absolute Gasteiger partial charge is 0.495 e. The lowest BCUT2D eigenvalue weighted by Gasteiger charge is -2.24. The summed E-state index contributed by atoms with van der Waals surface area (Å²) >= 11 is 0. The standard InChI is InChI=1S/C24H28N8O2/c1-4-32-14-26-31-23(32)16-5-6-19(20(12-16)33-3)29-24-25-13-17-11-15(2)27-22(21(17)30-24)28-18-7-9-34-10-8-18/h5-6,11-14,18H,4,7-10H2,1-3H3,(H,27,28)(H,25,29,30). The van der Waals surface area contributed by atoms with Gasteiger partial charge in [-0.3, -0.25) is 0 Å². The van der Waals surface area contributed by atoms with Crippen molar-refractivity contribution in [3.05, 3.63) is 42.5 Å². The number of methoxy groups -OCH3 is 1. The molecule has 4 aromatic rings. The van der Waals surface area contributed by atoms with Crippen LogP contribution in [0.25, 0.3) is 22.3 Å². The highest BCUT2D eigenvalue weighted by Gasteiger charge is 2.17. The monoisotopic (exact) mass is 460 g/mol. The molecule has 0 spiro atoms. The van der Waals surface area contributed by atoms with Crippen molar-refractivity contribution in [2.24, 2.45) is 0 Å². The van der Waals surface area contributed by atoms with Gasteiger partial charge in [0.1, 0.15) is 17.6 Å². The maximum atomic E-state index is 5.65. The van der Waals surface area contributed by atoms with Gasteiger partial charge in [0.2, 0.25) is 5.95 Å². The maximum absolute atomic E-state index is 5.65. The Hall–Kier alpha value is -3.79. The van der Waals surface area contributed by atoms with Crippen LogP contribution in [0.1, 0.15) is 25.5 Å². The van der Waals surface area contributed by atoms with E-state index in [1.165, 1.54) is 0 Å². The Labute approximate surface area is 197 Å². The Bertz CT molecular complexity index is 1300. The number of aryl methyl sites for hydroxylation is 2. The van der Waals surface area contributed by atoms with E-state index in [0.29, 0.717) is 17.7 Å². The summed E-state index contributed by atoms with van der Waals surface area (Å²) in [5.41, 5.74) is 3.38. The summed E-state index contributed by atoms with van der Waals surface area (Å²) in [6.07, 6.45) is 5.43. The average Bonchev–Trinajstić information content (AvgIpc) is 3.34. The first-order valence-corrected chi connectivity index (χ1v) is 11.5. The van der Waals surface area contributed by atoms with Crippen molar-refractivity contribution in [3.8, 4) is 17.1 Å². The predicted octanol–water partition coefficient (Wildman–Crippen LogP) is 3.95. The van der Waals surface area contributed by atoms with Gasteiger partial charge in [-0.1, -0.05) is 0 Å². The maximum Gasteiger partial charge on any atom is 0.227 e. The molecule has 5 rings (SSSR count). The minimum atomic E-state index is 0.315. The molecule has 1 saturated heterocycles. The second-order valence-electron chi connectivity index (χ2n) is 8.26. The molecule has 0 atom stereocenters. The fourth-order valence-electron chi connectivity index (χ4n) is 4.13. The highest BCUT2D eigenvalue weighted by Crippen LogP contribution is 2.32. The molecule has 0 aliphatic carbocycles. The summed E-state index contributed by atoms with van der Waals surface area (Å²) in [6.45, 7) is 6.33. The molecule has 0 saturated carbocycles. The van der Waals surface area contributed by atoms with E-state index in [4.69, 9.17) is 19.4 Å². The summed E-state index contributed by atoms with van der Waals surface area (Å²) in [7, 11) is 1.64. The minimum Gasteiger partial charge on any atom is -0.495 e. The van der Waals surface area contributed by atoms with Crippen molar-refractivity contribution in [3.63, 3.8) is 0 Å². The first-order chi connectivity index (χ1) is 16.6. The van der Waals surface area contributed by atoms with Gasteiger partial charge in [-0.05, 0) is 51.0 Å². The summed E-state index contributed by atoms with van der Waals surface area (Å²) < 4.78 is 13.1. The third kappa shape index (κ3) is 4.49. The van der Waals surface area contributed by atoms with Gasteiger partial charge in [-0.15, -0.1) is 10.2 Å². The average molecular weight is 461 g/mol. The highest BCUT2D eigenvalue weighted by atomic mass is 16.5. The van der Waals surface area contributed by atoms with Crippen LogP contribution in [0.2, 0.25) is 0 Å². The van der Waals surface area contributed by atoms with E-state index < -0.39 is 0 Å². The van der Waals surface area contributed by atoms with Gasteiger partial charge >= 0.3 is 0 Å². The van der Waals surface area contributed by atoms with E-state index in [2.05, 4.69) is 32.7 Å². The van der Waals surface area contributed by atoms with Crippen LogP contribution in [0.3, 0.4) is 0 Å². The van der Waals surface area contributed by atoms with E-state index in [0.717, 1.165) is 72.1 Å². The molecule has 1 aliphatic heterocycles. The van der Waals surface area contributed by atoms with Gasteiger partial charge in [0.15, 0.2) is 11.6 Å². The molecule has 10 nitrogen and oxygen atoms in total. The van der Waals surface area contributed by atoms with Crippen molar-refractivity contribution in [2.45, 2.75) is 39.3 Å². The summed E-state index contributed by atoms with van der Waals surface area (Å²) in [5, 5.41) is 16.1. The van der Waals surface area contributed by atoms with Crippen LogP contribution in [0.15, 0.2) is 36.8 Å². The van der Waals surface area contributed by atoms with Crippen LogP contribution >= 0.6 is 0 Å². The zero-order valence-corrected chi connectivity index (χ0v) is 19.6. The number of nitrogens with one attached hydrogen (secondary N) is 2. The quantitative estimate of drug-likeness (QED) is 0.423. The first-order valence-electron chi connectivity index (χ1n) is 11.5. The van der Waals surface area contributed by atoms with E-state index >= 15 is 0 Å². The van der Waals surface area contributed by atoms with Crippen LogP contribution in [-0.2, 0) is 11.3 Å². The Morgan fingerprint density at radius 3 is 2.82 bits per heavy atom. The van der Waals surface area contributed by atoms with E-state index in [1.54, 1.807) is 13.4 Å². The second kappa shape index (κ2) is 9.60. The fraction of sp³-hybridized carbons (Fsp3) is 0.375. The normalized spacial score (nSPS) is 14.3. The SMILES string of the molecule is CCn1cnnc1-c1ccc(Nc2ncc3cc(C)nc(NC4CCOCC4)c3n2)c(OC)c1. The lowest BCUT2D eigenvalue weighted by atomic mass is 10.1. The second-order valence-corrected chi connectivity index (χ2v) is 8.26. The fourth-order valence-corrected chi connectivity index (χ4v) is 4.13. The van der Waals surface area contributed by atoms with Crippen LogP contribution < -0.4 is 15.4 Å². The van der Waals surface area contributed by atoms with Crippen molar-refractivity contribution in [1.82, 2.24) is 29.7 Å². The third-order valence-corrected chi connectivity index (χ3v) is 5.92. The van der Waals surface area contributed by atoms with Crippen LogP contribution in [0.5, 0.6) is 5.75 Å². The summed E-state index contributed by atoms with van der Waals surface area (Å²) in [4.78, 5) is 14.0. The number of anilines is 3. The lowest BCUT2D eigenvalue weighted by molar-refractivity contribution is 0.0904. The Morgan fingerprint density at radius 2 is 2.03 bits per heavy atom. The molecular formula is C24H28N8O2. The predicted molar refractivity (Wildman–Crippen MR) is 131 cm³/mol. The summed E-state index contributed by atoms with van der Waals surface area (Å²) in [6, 6.07) is 8.15. The number of rotatable bonds is 7. The molecular weight excluding hydrogens is 432 g/mol. The Balaban J connectivity index is 1.45. The van der Waals surface area contributed by atoms with Gasteiger partial charge in [0.05, 0.1) is 12.8 Å². The van der Waals surface area contributed by atoms with Gasteiger partial charge in [-0.25, -0.2) is 15.0 Å². The number of fused-ring (bicyclic) bond motifs is 1. The molecule has 1 aromatic carbocycles. The molecule has 3 aromatic heterocycles. The van der Waals surface area contributed by atoms with Crippen LogP contribution in [0, 0.1) is 6.92 Å². The van der Waals surface area contributed by atoms with Crippen molar-refractivity contribution >= 4 is 28.4 Å². The van der Waals surface area contributed by atoms with Gasteiger partial charge in [0.25, 0.3) is 0 Å². The molecule has 0 radical (unpaired) electrons.